The van der Waals surface area contributed by atoms with Crippen LogP contribution in [0.5, 0.6) is 0 Å². The van der Waals surface area contributed by atoms with Crippen LogP contribution >= 0.6 is 0 Å². The van der Waals surface area contributed by atoms with E-state index in [0.29, 0.717) is 5.92 Å². The maximum atomic E-state index is 13.3. The third-order valence-electron chi connectivity index (χ3n) is 3.11. The Bertz CT molecular complexity index is 99.4. The Balaban J connectivity index is 2.42. The van der Waals surface area contributed by atoms with Crippen LogP contribution in [0.1, 0.15) is 46.0 Å². The minimum Gasteiger partial charge on any atom is -0.247 e. The molecular formula is C10H19F. The minimum absolute atomic E-state index is 0.287. The molecule has 1 heteroatoms. The summed E-state index contributed by atoms with van der Waals surface area (Å²) in [5.41, 5.74) is 0. The van der Waals surface area contributed by atoms with Crippen LogP contribution in [0.15, 0.2) is 0 Å². The molecule has 0 spiro atoms. The van der Waals surface area contributed by atoms with Gasteiger partial charge in [0.2, 0.25) is 0 Å². The Hall–Kier alpha value is -0.0700. The molecule has 1 aliphatic rings. The number of alkyl halides is 1. The van der Waals surface area contributed by atoms with E-state index in [0.717, 1.165) is 12.8 Å². The van der Waals surface area contributed by atoms with Gasteiger partial charge >= 0.3 is 0 Å². The van der Waals surface area contributed by atoms with E-state index in [-0.39, 0.29) is 5.92 Å². The molecule has 0 aromatic carbocycles. The first-order valence-electron chi connectivity index (χ1n) is 4.86. The van der Waals surface area contributed by atoms with Crippen molar-refractivity contribution in [2.75, 3.05) is 0 Å². The van der Waals surface area contributed by atoms with Gasteiger partial charge in [-0.25, -0.2) is 4.39 Å². The second kappa shape index (κ2) is 4.08. The van der Waals surface area contributed by atoms with E-state index < -0.39 is 6.17 Å². The first-order valence-corrected chi connectivity index (χ1v) is 4.86. The largest absolute Gasteiger partial charge is 0.247 e. The van der Waals surface area contributed by atoms with Crippen LogP contribution in [0.25, 0.3) is 0 Å². The highest BCUT2D eigenvalue weighted by molar-refractivity contribution is 4.73. The molecule has 3 atom stereocenters. The van der Waals surface area contributed by atoms with E-state index in [1.54, 1.807) is 0 Å². The zero-order valence-corrected chi connectivity index (χ0v) is 7.65. The molecule has 11 heavy (non-hydrogen) atoms. The van der Waals surface area contributed by atoms with Gasteiger partial charge in [-0.15, -0.1) is 0 Å². The van der Waals surface area contributed by atoms with Crippen LogP contribution in [0.2, 0.25) is 0 Å². The molecule has 0 bridgehead atoms. The summed E-state index contributed by atoms with van der Waals surface area (Å²) in [5.74, 6) is 0.876. The fourth-order valence-corrected chi connectivity index (χ4v) is 1.86. The van der Waals surface area contributed by atoms with Gasteiger partial charge in [0.05, 0.1) is 0 Å². The van der Waals surface area contributed by atoms with Crippen LogP contribution in [-0.2, 0) is 0 Å². The SMILES string of the molecule is CC1CCCCC[C@@H](F)[C@@H]1C. The van der Waals surface area contributed by atoms with E-state index >= 15 is 0 Å². The Kier molecular flexibility index (Phi) is 3.35. The van der Waals surface area contributed by atoms with Crippen molar-refractivity contribution in [2.45, 2.75) is 52.1 Å². The topological polar surface area (TPSA) is 0 Å². The molecule has 0 saturated heterocycles. The van der Waals surface area contributed by atoms with Crippen LogP contribution in [0.4, 0.5) is 4.39 Å². The van der Waals surface area contributed by atoms with Gasteiger partial charge in [0.1, 0.15) is 6.17 Å². The van der Waals surface area contributed by atoms with Crippen molar-refractivity contribution >= 4 is 0 Å². The molecule has 0 aliphatic heterocycles. The van der Waals surface area contributed by atoms with E-state index in [1.807, 2.05) is 0 Å². The number of hydrogen-bond donors (Lipinski definition) is 0. The summed E-state index contributed by atoms with van der Waals surface area (Å²) in [7, 11) is 0. The molecule has 1 aliphatic carbocycles. The maximum absolute atomic E-state index is 13.3. The molecule has 0 N–H and O–H groups in total. The van der Waals surface area contributed by atoms with Gasteiger partial charge in [0, 0.05) is 0 Å². The molecule has 1 unspecified atom stereocenters. The highest BCUT2D eigenvalue weighted by atomic mass is 19.1. The van der Waals surface area contributed by atoms with Crippen molar-refractivity contribution in [3.63, 3.8) is 0 Å². The lowest BCUT2D eigenvalue weighted by Crippen LogP contribution is -2.21. The number of halogens is 1. The summed E-state index contributed by atoms with van der Waals surface area (Å²) in [5, 5.41) is 0. The van der Waals surface area contributed by atoms with Crippen molar-refractivity contribution < 1.29 is 4.39 Å². The summed E-state index contributed by atoms with van der Waals surface area (Å²) >= 11 is 0. The second-order valence-electron chi connectivity index (χ2n) is 3.99. The van der Waals surface area contributed by atoms with Gasteiger partial charge in [-0.3, -0.25) is 0 Å². The molecule has 0 aromatic rings. The molecule has 1 rings (SSSR count). The quantitative estimate of drug-likeness (QED) is 0.505. The normalized spacial score (nSPS) is 41.2. The molecule has 0 aromatic heterocycles. The molecule has 0 amide bonds. The lowest BCUT2D eigenvalue weighted by molar-refractivity contribution is 0.153. The fraction of sp³-hybridized carbons (Fsp3) is 1.00. The van der Waals surface area contributed by atoms with Crippen molar-refractivity contribution in [3.8, 4) is 0 Å². The monoisotopic (exact) mass is 158 g/mol. The van der Waals surface area contributed by atoms with Crippen molar-refractivity contribution in [1.82, 2.24) is 0 Å². The average molecular weight is 158 g/mol. The molecule has 0 radical (unpaired) electrons. The summed E-state index contributed by atoms with van der Waals surface area (Å²) in [4.78, 5) is 0. The smallest absolute Gasteiger partial charge is 0.103 e. The molecule has 1 saturated carbocycles. The Labute approximate surface area is 69.2 Å². The van der Waals surface area contributed by atoms with Gasteiger partial charge in [-0.1, -0.05) is 39.5 Å². The van der Waals surface area contributed by atoms with Gasteiger partial charge in [-0.05, 0) is 18.3 Å². The minimum atomic E-state index is -0.537. The summed E-state index contributed by atoms with van der Waals surface area (Å²) < 4.78 is 13.3. The average Bonchev–Trinajstić information content (AvgIpc) is 2.00. The lowest BCUT2D eigenvalue weighted by atomic mass is 9.83. The van der Waals surface area contributed by atoms with Crippen LogP contribution in [0.3, 0.4) is 0 Å². The summed E-state index contributed by atoms with van der Waals surface area (Å²) in [6.45, 7) is 4.24. The van der Waals surface area contributed by atoms with Crippen LogP contribution in [0, 0.1) is 11.8 Å². The Morgan fingerprint density at radius 1 is 1.00 bits per heavy atom. The zero-order chi connectivity index (χ0) is 8.27. The summed E-state index contributed by atoms with van der Waals surface area (Å²) in [6.07, 6.45) is 5.12. The number of hydrogen-bond acceptors (Lipinski definition) is 0. The van der Waals surface area contributed by atoms with Crippen molar-refractivity contribution in [2.24, 2.45) is 11.8 Å². The fourth-order valence-electron chi connectivity index (χ4n) is 1.86. The molecular weight excluding hydrogens is 139 g/mol. The molecule has 66 valence electrons. The first kappa shape index (κ1) is 9.02. The van der Waals surface area contributed by atoms with E-state index in [9.17, 15) is 4.39 Å². The van der Waals surface area contributed by atoms with Crippen molar-refractivity contribution in [1.29, 1.82) is 0 Å². The highest BCUT2D eigenvalue weighted by Gasteiger charge is 2.23. The molecule has 0 heterocycles. The van der Waals surface area contributed by atoms with Crippen LogP contribution in [-0.4, -0.2) is 6.17 Å². The molecule has 1 fully saturated rings. The Morgan fingerprint density at radius 2 is 1.64 bits per heavy atom. The standard InChI is InChI=1S/C10H19F/c1-8-6-4-3-5-7-10(11)9(8)2/h8-10H,3-7H2,1-2H3/t8?,9-,10-/m1/s1. The number of rotatable bonds is 0. The van der Waals surface area contributed by atoms with E-state index in [1.165, 1.54) is 19.3 Å². The third kappa shape index (κ3) is 2.46. The highest BCUT2D eigenvalue weighted by Crippen LogP contribution is 2.29. The van der Waals surface area contributed by atoms with E-state index in [2.05, 4.69) is 13.8 Å². The zero-order valence-electron chi connectivity index (χ0n) is 7.65. The van der Waals surface area contributed by atoms with Crippen molar-refractivity contribution in [3.05, 3.63) is 0 Å². The van der Waals surface area contributed by atoms with Gasteiger partial charge in [-0.2, -0.15) is 0 Å². The van der Waals surface area contributed by atoms with Gasteiger partial charge < -0.3 is 0 Å². The maximum Gasteiger partial charge on any atom is 0.103 e. The van der Waals surface area contributed by atoms with Crippen LogP contribution < -0.4 is 0 Å². The van der Waals surface area contributed by atoms with E-state index in [4.69, 9.17) is 0 Å². The lowest BCUT2D eigenvalue weighted by Gasteiger charge is -2.25. The second-order valence-corrected chi connectivity index (χ2v) is 3.99. The Morgan fingerprint density at radius 3 is 2.36 bits per heavy atom. The molecule has 0 nitrogen and oxygen atoms in total. The van der Waals surface area contributed by atoms with Gasteiger partial charge in [0.15, 0.2) is 0 Å². The van der Waals surface area contributed by atoms with Gasteiger partial charge in [0.25, 0.3) is 0 Å². The third-order valence-corrected chi connectivity index (χ3v) is 3.11. The predicted octanol–water partition coefficient (Wildman–Crippen LogP) is 3.56. The first-order chi connectivity index (χ1) is 5.22. The predicted molar refractivity (Wildman–Crippen MR) is 46.3 cm³/mol. The summed E-state index contributed by atoms with van der Waals surface area (Å²) in [6, 6.07) is 0.